The largest absolute Gasteiger partial charge is 0.497 e. The minimum atomic E-state index is -1.68. The van der Waals surface area contributed by atoms with Gasteiger partial charge in [0.25, 0.3) is 8.53 Å². The zero-order chi connectivity index (χ0) is 41.5. The summed E-state index contributed by atoms with van der Waals surface area (Å²) < 4.78 is 47.9. The van der Waals surface area contributed by atoms with E-state index in [1.54, 1.807) is 32.7 Å². The summed E-state index contributed by atoms with van der Waals surface area (Å²) in [5, 5.41) is 10.1. The van der Waals surface area contributed by atoms with Crippen molar-refractivity contribution in [3.05, 3.63) is 137 Å². The second-order valence-electron chi connectivity index (χ2n) is 14.8. The third kappa shape index (κ3) is 8.99. The van der Waals surface area contributed by atoms with Crippen molar-refractivity contribution in [3.8, 4) is 29.0 Å². The minimum Gasteiger partial charge on any atom is -0.497 e. The molecule has 1 aliphatic rings. The second kappa shape index (κ2) is 18.7. The van der Waals surface area contributed by atoms with Crippen LogP contribution >= 0.6 is 8.53 Å². The standard InChI is InChI=1S/C45H50N5O8P/c1-30(2)50(31(3)4)59(56-25-11-23-46)58-40-27-42(49-28-32-26-38(39-14-10-24-54-39)47-43(32)48-44(49)51)57-41(40)29-55-45(33-12-8-7-9-13-33,34-15-19-36(52-5)20-16-34)35-17-21-37(53-6)22-18-35/h7-10,12-22,24,26,28,30-31,40-42H,11,25,27,29H2,1-6H3,(H,47,48,51)/t40-,41+,42+,59?/m0/s1. The Balaban J connectivity index is 1.30. The number of fused-ring (bicyclic) bond motifs is 1. The van der Waals surface area contributed by atoms with Crippen LogP contribution in [0, 0.1) is 11.3 Å². The van der Waals surface area contributed by atoms with Gasteiger partial charge in [0, 0.05) is 30.1 Å². The van der Waals surface area contributed by atoms with Crippen LogP contribution in [-0.2, 0) is 24.1 Å². The average molecular weight is 820 g/mol. The fraction of sp³-hybridized carbons (Fsp3) is 0.356. The van der Waals surface area contributed by atoms with Gasteiger partial charge in [0.2, 0.25) is 0 Å². The zero-order valence-electron chi connectivity index (χ0n) is 34.1. The van der Waals surface area contributed by atoms with Crippen molar-refractivity contribution in [2.75, 3.05) is 27.4 Å². The molecule has 0 radical (unpaired) electrons. The quantitative estimate of drug-likeness (QED) is 0.0504. The van der Waals surface area contributed by atoms with E-state index >= 15 is 0 Å². The number of ether oxygens (including phenoxy) is 4. The number of benzene rings is 3. The van der Waals surface area contributed by atoms with Gasteiger partial charge < -0.3 is 37.4 Å². The molecule has 4 atom stereocenters. The first kappa shape index (κ1) is 41.8. The maximum absolute atomic E-state index is 13.8. The van der Waals surface area contributed by atoms with Crippen LogP contribution in [0.15, 0.2) is 119 Å². The number of hydrogen-bond acceptors (Lipinski definition) is 11. The lowest BCUT2D eigenvalue weighted by Gasteiger charge is -2.39. The predicted octanol–water partition coefficient (Wildman–Crippen LogP) is 8.96. The highest BCUT2D eigenvalue weighted by molar-refractivity contribution is 7.44. The molecule has 1 saturated heterocycles. The number of aromatic nitrogens is 3. The van der Waals surface area contributed by atoms with Gasteiger partial charge in [-0.15, -0.1) is 0 Å². The van der Waals surface area contributed by atoms with Crippen molar-refractivity contribution in [1.82, 2.24) is 19.2 Å². The lowest BCUT2D eigenvalue weighted by molar-refractivity contribution is -0.0924. The Morgan fingerprint density at radius 3 is 2.15 bits per heavy atom. The Kier molecular flexibility index (Phi) is 13.3. The molecular weight excluding hydrogens is 769 g/mol. The molecule has 13 nitrogen and oxygen atoms in total. The number of rotatable bonds is 18. The van der Waals surface area contributed by atoms with Crippen LogP contribution in [0.4, 0.5) is 0 Å². The van der Waals surface area contributed by atoms with E-state index in [0.717, 1.165) is 16.7 Å². The average Bonchev–Trinajstić information content (AvgIpc) is 4.02. The molecule has 59 heavy (non-hydrogen) atoms. The number of nitriles is 1. The molecular formula is C45H50N5O8P. The highest BCUT2D eigenvalue weighted by Gasteiger charge is 2.45. The van der Waals surface area contributed by atoms with Crippen molar-refractivity contribution < 1.29 is 32.4 Å². The minimum absolute atomic E-state index is 0.0517. The highest BCUT2D eigenvalue weighted by atomic mass is 31.2. The summed E-state index contributed by atoms with van der Waals surface area (Å²) in [4.78, 5) is 21.4. The van der Waals surface area contributed by atoms with Gasteiger partial charge in [-0.2, -0.15) is 10.2 Å². The summed E-state index contributed by atoms with van der Waals surface area (Å²) in [7, 11) is 1.60. The molecule has 14 heteroatoms. The van der Waals surface area contributed by atoms with Crippen molar-refractivity contribution >= 4 is 19.6 Å². The molecule has 0 amide bonds. The first-order chi connectivity index (χ1) is 28.6. The van der Waals surface area contributed by atoms with Gasteiger partial charge in [0.15, 0.2) is 0 Å². The highest BCUT2D eigenvalue weighted by Crippen LogP contribution is 2.51. The second-order valence-corrected chi connectivity index (χ2v) is 16.2. The van der Waals surface area contributed by atoms with Crippen LogP contribution in [0.25, 0.3) is 22.5 Å². The summed E-state index contributed by atoms with van der Waals surface area (Å²) in [5.74, 6) is 2.05. The van der Waals surface area contributed by atoms with Gasteiger partial charge in [-0.1, -0.05) is 54.6 Å². The number of aromatic amines is 1. The molecule has 308 valence electrons. The third-order valence-corrected chi connectivity index (χ3v) is 12.5. The van der Waals surface area contributed by atoms with Crippen LogP contribution in [0.5, 0.6) is 11.5 Å². The fourth-order valence-corrected chi connectivity index (χ4v) is 9.36. The maximum Gasteiger partial charge on any atom is 0.351 e. The Morgan fingerprint density at radius 2 is 1.58 bits per heavy atom. The molecule has 3 aromatic heterocycles. The van der Waals surface area contributed by atoms with Crippen molar-refractivity contribution in [2.45, 2.75) is 76.7 Å². The predicted molar refractivity (Wildman–Crippen MR) is 225 cm³/mol. The molecule has 0 saturated carbocycles. The van der Waals surface area contributed by atoms with Crippen LogP contribution in [0.2, 0.25) is 0 Å². The first-order valence-corrected chi connectivity index (χ1v) is 20.8. The molecule has 0 aliphatic carbocycles. The van der Waals surface area contributed by atoms with E-state index in [-0.39, 0.29) is 31.7 Å². The van der Waals surface area contributed by atoms with Gasteiger partial charge in [-0.3, -0.25) is 4.57 Å². The van der Waals surface area contributed by atoms with Crippen molar-refractivity contribution in [2.24, 2.45) is 0 Å². The van der Waals surface area contributed by atoms with Crippen LogP contribution in [0.1, 0.15) is 63.5 Å². The van der Waals surface area contributed by atoms with Crippen LogP contribution in [-0.4, -0.2) is 70.9 Å². The molecule has 1 fully saturated rings. The van der Waals surface area contributed by atoms with Crippen LogP contribution in [0.3, 0.4) is 0 Å². The van der Waals surface area contributed by atoms with E-state index in [1.165, 1.54) is 4.57 Å². The topological polar surface area (TPSA) is 146 Å². The number of nitrogens with one attached hydrogen (secondary N) is 1. The number of methoxy groups -OCH3 is 2. The van der Waals surface area contributed by atoms with Crippen LogP contribution < -0.4 is 15.2 Å². The monoisotopic (exact) mass is 819 g/mol. The SMILES string of the molecule is COc1ccc(C(OC[C@H]2O[C@@H](n3cc4cc(-c5ccco5)[nH]c4nc3=O)C[C@@H]2OP(OCCC#N)N(C(C)C)C(C)C)(c2ccccc2)c2ccc(OC)cc2)cc1. The van der Waals surface area contributed by atoms with Gasteiger partial charge >= 0.3 is 5.69 Å². The number of hydrogen-bond donors (Lipinski definition) is 1. The summed E-state index contributed by atoms with van der Waals surface area (Å²) >= 11 is 0. The fourth-order valence-electron chi connectivity index (χ4n) is 7.60. The molecule has 1 aliphatic heterocycles. The molecule has 1 N–H and O–H groups in total. The van der Waals surface area contributed by atoms with Crippen molar-refractivity contribution in [1.29, 1.82) is 5.26 Å². The smallest absolute Gasteiger partial charge is 0.351 e. The van der Waals surface area contributed by atoms with E-state index < -0.39 is 38.3 Å². The Morgan fingerprint density at radius 1 is 0.932 bits per heavy atom. The van der Waals surface area contributed by atoms with E-state index in [9.17, 15) is 10.1 Å². The first-order valence-electron chi connectivity index (χ1n) is 19.7. The van der Waals surface area contributed by atoms with Gasteiger partial charge in [0.1, 0.15) is 40.8 Å². The summed E-state index contributed by atoms with van der Waals surface area (Å²) in [6.45, 7) is 8.62. The Hall–Kier alpha value is -5.32. The molecule has 0 bridgehead atoms. The molecule has 1 unspecified atom stereocenters. The Bertz CT molecular complexity index is 2300. The maximum atomic E-state index is 13.8. The summed E-state index contributed by atoms with van der Waals surface area (Å²) in [6, 6.07) is 33.6. The molecule has 0 spiro atoms. The van der Waals surface area contributed by atoms with Gasteiger partial charge in [-0.25, -0.2) is 9.46 Å². The van der Waals surface area contributed by atoms with Gasteiger partial charge in [-0.05, 0) is 86.8 Å². The zero-order valence-corrected chi connectivity index (χ0v) is 35.0. The van der Waals surface area contributed by atoms with Crippen molar-refractivity contribution in [3.63, 3.8) is 0 Å². The van der Waals surface area contributed by atoms with E-state index in [0.29, 0.717) is 40.4 Å². The van der Waals surface area contributed by atoms with Gasteiger partial charge in [0.05, 0.1) is 58.0 Å². The van der Waals surface area contributed by atoms with E-state index in [4.69, 9.17) is 32.4 Å². The summed E-state index contributed by atoms with van der Waals surface area (Å²) in [5.41, 5.74) is 2.14. The molecule has 6 aromatic rings. The van der Waals surface area contributed by atoms with E-state index in [1.807, 2.05) is 91.0 Å². The van der Waals surface area contributed by atoms with E-state index in [2.05, 4.69) is 48.4 Å². The third-order valence-electron chi connectivity index (χ3n) is 10.3. The number of H-pyrrole nitrogens is 1. The lowest BCUT2D eigenvalue weighted by Crippen LogP contribution is -2.39. The molecule has 4 heterocycles. The molecule has 3 aromatic carbocycles. The summed E-state index contributed by atoms with van der Waals surface area (Å²) in [6.07, 6.45) is 1.82. The molecule has 7 rings (SSSR count). The number of nitrogens with zero attached hydrogens (tertiary/aromatic N) is 4. The normalized spacial score (nSPS) is 17.5. The Labute approximate surface area is 345 Å². The lowest BCUT2D eigenvalue weighted by atomic mass is 9.80. The number of furan rings is 1.